The fourth-order valence-electron chi connectivity index (χ4n) is 9.42. The summed E-state index contributed by atoms with van der Waals surface area (Å²) < 4.78 is 4.90. The molecule has 5 nitrogen and oxygen atoms in total. The highest BCUT2D eigenvalue weighted by Crippen LogP contribution is 2.50. The van der Waals surface area contributed by atoms with Gasteiger partial charge in [-0.2, -0.15) is 0 Å². The number of hydrogen-bond donors (Lipinski definition) is 0. The third-order valence-electron chi connectivity index (χ3n) is 12.1. The van der Waals surface area contributed by atoms with Crippen molar-refractivity contribution < 1.29 is 0 Å². The fraction of sp³-hybridized carbons (Fsp3) is 0. The first-order valence-electron chi connectivity index (χ1n) is 20.5. The van der Waals surface area contributed by atoms with Gasteiger partial charge in [0.1, 0.15) is 5.65 Å². The Hall–Kier alpha value is -7.80. The lowest BCUT2D eigenvalue weighted by Crippen LogP contribution is -2.06. The monoisotopic (exact) mass is 795 g/mol. The summed E-state index contributed by atoms with van der Waals surface area (Å²) in [5, 5.41) is 8.40. The normalized spacial score (nSPS) is 12.2. The van der Waals surface area contributed by atoms with Crippen LogP contribution in [0.3, 0.4) is 0 Å². The van der Waals surface area contributed by atoms with Gasteiger partial charge in [-0.15, -0.1) is 0 Å². The van der Waals surface area contributed by atoms with E-state index in [4.69, 9.17) is 15.0 Å². The Morgan fingerprint density at radius 2 is 1.00 bits per heavy atom. The molecule has 0 fully saturated rings. The van der Waals surface area contributed by atoms with Crippen molar-refractivity contribution in [2.75, 3.05) is 0 Å². The van der Waals surface area contributed by atoms with Crippen LogP contribution in [0.2, 0.25) is 0 Å². The molecule has 0 bridgehead atoms. The molecule has 0 N–H and O–H groups in total. The molecule has 0 aliphatic carbocycles. The number of fused-ring (bicyclic) bond motifs is 10. The highest BCUT2D eigenvalue weighted by Gasteiger charge is 2.28. The van der Waals surface area contributed by atoms with E-state index in [-0.39, 0.29) is 0 Å². The standard InChI is InChI=1S/C55H33N5S/c1-3-15-34(16-4-1)35-18-13-19-37(31-35)52-56-53(58-54(57-52)45-32-36-17-7-8-22-40(36)41-23-9-10-24-42(41)45)38-29-30-47-49(33-38)61-48-28-14-26-44-50-43-25-11-12-27-46(43)59(39-20-5-2-6-21-39)55(50)60(47)51(44)48/h1-33H. The second-order valence-corrected chi connectivity index (χ2v) is 16.7. The first-order chi connectivity index (χ1) is 30.2. The second kappa shape index (κ2) is 13.4. The Balaban J connectivity index is 1.05. The van der Waals surface area contributed by atoms with Crippen LogP contribution in [-0.4, -0.2) is 24.1 Å². The van der Waals surface area contributed by atoms with Gasteiger partial charge in [0.05, 0.1) is 16.7 Å². The summed E-state index contributed by atoms with van der Waals surface area (Å²) >= 11 is 1.81. The minimum Gasteiger partial charge on any atom is -0.295 e. The summed E-state index contributed by atoms with van der Waals surface area (Å²) in [6.07, 6.45) is 0. The van der Waals surface area contributed by atoms with E-state index in [0.29, 0.717) is 17.5 Å². The minimum absolute atomic E-state index is 0.630. The third-order valence-corrected chi connectivity index (χ3v) is 13.2. The molecule has 61 heavy (non-hydrogen) atoms. The number of nitrogens with zero attached hydrogens (tertiary/aromatic N) is 5. The molecule has 3 aromatic heterocycles. The molecule has 6 heteroatoms. The topological polar surface area (TPSA) is 48.5 Å². The molecule has 284 valence electrons. The largest absolute Gasteiger partial charge is 0.295 e. The number of hydrogen-bond acceptors (Lipinski definition) is 4. The van der Waals surface area contributed by atoms with Crippen molar-refractivity contribution in [3.05, 3.63) is 200 Å². The van der Waals surface area contributed by atoms with E-state index in [1.807, 2.05) is 17.8 Å². The Morgan fingerprint density at radius 3 is 1.84 bits per heavy atom. The van der Waals surface area contributed by atoms with E-state index < -0.39 is 0 Å². The van der Waals surface area contributed by atoms with Crippen LogP contribution in [0.5, 0.6) is 0 Å². The molecule has 12 aromatic rings. The molecule has 4 heterocycles. The van der Waals surface area contributed by atoms with Gasteiger partial charge in [0.2, 0.25) is 0 Å². The smallest absolute Gasteiger partial charge is 0.164 e. The average molecular weight is 796 g/mol. The van der Waals surface area contributed by atoms with Crippen molar-refractivity contribution in [3.63, 3.8) is 0 Å². The maximum Gasteiger partial charge on any atom is 0.164 e. The molecule has 0 saturated carbocycles. The van der Waals surface area contributed by atoms with E-state index in [1.165, 1.54) is 42.9 Å². The quantitative estimate of drug-likeness (QED) is 0.163. The lowest BCUT2D eigenvalue weighted by molar-refractivity contribution is 1.02. The fourth-order valence-corrected chi connectivity index (χ4v) is 10.6. The summed E-state index contributed by atoms with van der Waals surface area (Å²) in [4.78, 5) is 18.3. The zero-order valence-electron chi connectivity index (χ0n) is 32.7. The summed E-state index contributed by atoms with van der Waals surface area (Å²) in [6, 6.07) is 71.2. The lowest BCUT2D eigenvalue weighted by atomic mass is 9.97. The van der Waals surface area contributed by atoms with Crippen LogP contribution in [0.25, 0.3) is 111 Å². The van der Waals surface area contributed by atoms with Gasteiger partial charge in [-0.1, -0.05) is 157 Å². The molecule has 1 aliphatic heterocycles. The van der Waals surface area contributed by atoms with Gasteiger partial charge in [-0.3, -0.25) is 9.13 Å². The van der Waals surface area contributed by atoms with Crippen molar-refractivity contribution in [2.24, 2.45) is 0 Å². The average Bonchev–Trinajstić information content (AvgIpc) is 3.85. The molecule has 0 saturated heterocycles. The Morgan fingerprint density at radius 1 is 0.377 bits per heavy atom. The highest BCUT2D eigenvalue weighted by molar-refractivity contribution is 7.99. The van der Waals surface area contributed by atoms with Crippen LogP contribution in [0, 0.1) is 0 Å². The van der Waals surface area contributed by atoms with E-state index in [2.05, 4.69) is 203 Å². The van der Waals surface area contributed by atoms with Crippen molar-refractivity contribution in [1.29, 1.82) is 0 Å². The highest BCUT2D eigenvalue weighted by atomic mass is 32.2. The molecule has 0 spiro atoms. The molecular weight excluding hydrogens is 763 g/mol. The van der Waals surface area contributed by atoms with E-state index in [9.17, 15) is 0 Å². The molecule has 0 unspecified atom stereocenters. The van der Waals surface area contributed by atoms with Crippen LogP contribution in [0.1, 0.15) is 0 Å². The van der Waals surface area contributed by atoms with Crippen LogP contribution >= 0.6 is 11.8 Å². The predicted molar refractivity (Wildman–Crippen MR) is 252 cm³/mol. The minimum atomic E-state index is 0.630. The number of para-hydroxylation sites is 3. The lowest BCUT2D eigenvalue weighted by Gasteiger charge is -2.22. The van der Waals surface area contributed by atoms with Crippen LogP contribution in [0.15, 0.2) is 210 Å². The number of aromatic nitrogens is 5. The number of benzene rings is 9. The van der Waals surface area contributed by atoms with Gasteiger partial charge in [0.15, 0.2) is 17.5 Å². The number of rotatable bonds is 5. The Labute approximate surface area is 355 Å². The molecule has 0 amide bonds. The van der Waals surface area contributed by atoms with Gasteiger partial charge in [-0.25, -0.2) is 15.0 Å². The van der Waals surface area contributed by atoms with Crippen LogP contribution in [-0.2, 0) is 0 Å². The molecule has 0 atom stereocenters. The maximum atomic E-state index is 5.35. The summed E-state index contributed by atoms with van der Waals surface area (Å²) in [5.41, 5.74) is 11.0. The van der Waals surface area contributed by atoms with Gasteiger partial charge in [0.25, 0.3) is 0 Å². The van der Waals surface area contributed by atoms with E-state index in [1.54, 1.807) is 0 Å². The van der Waals surface area contributed by atoms with Crippen molar-refractivity contribution in [2.45, 2.75) is 9.79 Å². The van der Waals surface area contributed by atoms with Crippen LogP contribution in [0.4, 0.5) is 0 Å². The van der Waals surface area contributed by atoms with Gasteiger partial charge >= 0.3 is 0 Å². The predicted octanol–water partition coefficient (Wildman–Crippen LogP) is 14.4. The van der Waals surface area contributed by atoms with Gasteiger partial charge in [0, 0.05) is 48.3 Å². The van der Waals surface area contributed by atoms with E-state index in [0.717, 1.165) is 60.5 Å². The second-order valence-electron chi connectivity index (χ2n) is 15.6. The summed E-state index contributed by atoms with van der Waals surface area (Å²) in [7, 11) is 0. The van der Waals surface area contributed by atoms with Crippen molar-refractivity contribution in [3.8, 4) is 56.7 Å². The molecule has 0 radical (unpaired) electrons. The van der Waals surface area contributed by atoms with Gasteiger partial charge in [-0.05, 0) is 87.3 Å². The van der Waals surface area contributed by atoms with Crippen molar-refractivity contribution >= 4 is 66.1 Å². The van der Waals surface area contributed by atoms with Crippen LogP contribution < -0.4 is 0 Å². The molecule has 9 aromatic carbocycles. The Bertz CT molecular complexity index is 3740. The third kappa shape index (κ3) is 5.26. The molecular formula is C55H33N5S. The summed E-state index contributed by atoms with van der Waals surface area (Å²) in [5.74, 6) is 1.90. The van der Waals surface area contributed by atoms with E-state index >= 15 is 0 Å². The maximum absolute atomic E-state index is 5.35. The first kappa shape index (κ1) is 34.1. The zero-order chi connectivity index (χ0) is 40.0. The first-order valence-corrected chi connectivity index (χ1v) is 21.3. The molecule has 13 rings (SSSR count). The van der Waals surface area contributed by atoms with Gasteiger partial charge < -0.3 is 0 Å². The SMILES string of the molecule is c1ccc(-c2cccc(-c3nc(-c4ccc5c(c4)Sc4cccc6c7c8ccccc8n(-c8ccccc8)c7n-5c46)nc(-c4cc5ccccc5c5ccccc45)n3)c2)cc1. The van der Waals surface area contributed by atoms with Crippen molar-refractivity contribution in [1.82, 2.24) is 24.1 Å². The molecule has 1 aliphatic rings. The summed E-state index contributed by atoms with van der Waals surface area (Å²) in [6.45, 7) is 0. The zero-order valence-corrected chi connectivity index (χ0v) is 33.5. The Kier molecular flexibility index (Phi) is 7.47.